The Bertz CT molecular complexity index is 56.3. The summed E-state index contributed by atoms with van der Waals surface area (Å²) in [5.74, 6) is 0. The molecular formula is C8H20O2. The summed E-state index contributed by atoms with van der Waals surface area (Å²) in [5.41, 5.74) is 0. The lowest BCUT2D eigenvalue weighted by Crippen LogP contribution is -2.15. The van der Waals surface area contributed by atoms with Gasteiger partial charge in [-0.2, -0.15) is 0 Å². The van der Waals surface area contributed by atoms with Crippen molar-refractivity contribution in [2.45, 2.75) is 39.9 Å². The van der Waals surface area contributed by atoms with Crippen LogP contribution in [0.5, 0.6) is 0 Å². The van der Waals surface area contributed by atoms with Gasteiger partial charge in [0.1, 0.15) is 0 Å². The van der Waals surface area contributed by atoms with E-state index < -0.39 is 0 Å². The Morgan fingerprint density at radius 3 is 1.50 bits per heavy atom. The molecule has 2 unspecified atom stereocenters. The van der Waals surface area contributed by atoms with Gasteiger partial charge in [0.05, 0.1) is 12.2 Å². The third-order valence-electron chi connectivity index (χ3n) is 1.47. The molecule has 0 amide bonds. The van der Waals surface area contributed by atoms with Crippen molar-refractivity contribution in [3.8, 4) is 0 Å². The summed E-state index contributed by atoms with van der Waals surface area (Å²) >= 11 is 0. The standard InChI is InChI=1S/C7H16O2.CH4/c1-6(8-3)5-7(2)9-4;/h6-7H,5H2,1-4H3;1H4. The summed E-state index contributed by atoms with van der Waals surface area (Å²) in [6.07, 6.45) is 1.58. The number of hydrogen-bond acceptors (Lipinski definition) is 2. The van der Waals surface area contributed by atoms with Gasteiger partial charge in [0.2, 0.25) is 0 Å². The zero-order valence-electron chi connectivity index (χ0n) is 6.68. The molecule has 0 aromatic carbocycles. The molecule has 0 radical (unpaired) electrons. The summed E-state index contributed by atoms with van der Waals surface area (Å²) in [7, 11) is 3.43. The van der Waals surface area contributed by atoms with E-state index in [1.807, 2.05) is 13.8 Å². The van der Waals surface area contributed by atoms with Gasteiger partial charge in [-0.15, -0.1) is 0 Å². The SMILES string of the molecule is C.COC(C)CC(C)OC. The summed E-state index contributed by atoms with van der Waals surface area (Å²) in [4.78, 5) is 0. The van der Waals surface area contributed by atoms with Crippen LogP contribution in [0.25, 0.3) is 0 Å². The molecule has 0 aromatic heterocycles. The first-order valence-corrected chi connectivity index (χ1v) is 3.26. The minimum Gasteiger partial charge on any atom is -0.382 e. The summed E-state index contributed by atoms with van der Waals surface area (Å²) in [6.45, 7) is 4.07. The first-order valence-electron chi connectivity index (χ1n) is 3.26. The van der Waals surface area contributed by atoms with E-state index in [2.05, 4.69) is 0 Å². The van der Waals surface area contributed by atoms with Crippen molar-refractivity contribution in [2.24, 2.45) is 0 Å². The van der Waals surface area contributed by atoms with Gasteiger partial charge in [-0.25, -0.2) is 0 Å². The fraction of sp³-hybridized carbons (Fsp3) is 1.00. The molecule has 2 atom stereocenters. The molecule has 0 aliphatic rings. The lowest BCUT2D eigenvalue weighted by atomic mass is 10.2. The zero-order chi connectivity index (χ0) is 7.28. The Hall–Kier alpha value is -0.0800. The Labute approximate surface area is 64.5 Å². The average Bonchev–Trinajstić information content (AvgIpc) is 1.87. The van der Waals surface area contributed by atoms with Crippen LogP contribution in [0, 0.1) is 0 Å². The molecular weight excluding hydrogens is 128 g/mol. The van der Waals surface area contributed by atoms with Gasteiger partial charge in [-0.3, -0.25) is 0 Å². The first kappa shape index (κ1) is 12.6. The van der Waals surface area contributed by atoms with Gasteiger partial charge in [-0.05, 0) is 20.3 Å². The molecule has 0 rings (SSSR count). The highest BCUT2D eigenvalue weighted by molar-refractivity contribution is 4.55. The van der Waals surface area contributed by atoms with Gasteiger partial charge in [0.25, 0.3) is 0 Å². The van der Waals surface area contributed by atoms with Crippen molar-refractivity contribution in [1.29, 1.82) is 0 Å². The van der Waals surface area contributed by atoms with Gasteiger partial charge in [0.15, 0.2) is 0 Å². The van der Waals surface area contributed by atoms with Gasteiger partial charge >= 0.3 is 0 Å². The van der Waals surface area contributed by atoms with Crippen LogP contribution in [0.4, 0.5) is 0 Å². The van der Waals surface area contributed by atoms with Crippen LogP contribution >= 0.6 is 0 Å². The Morgan fingerprint density at radius 2 is 1.30 bits per heavy atom. The first-order chi connectivity index (χ1) is 4.20. The monoisotopic (exact) mass is 148 g/mol. The van der Waals surface area contributed by atoms with Crippen molar-refractivity contribution in [1.82, 2.24) is 0 Å². The molecule has 0 aliphatic carbocycles. The van der Waals surface area contributed by atoms with E-state index >= 15 is 0 Å². The Balaban J connectivity index is 0. The minimum atomic E-state index is 0. The molecule has 10 heavy (non-hydrogen) atoms. The maximum atomic E-state index is 5.04. The van der Waals surface area contributed by atoms with E-state index in [0.29, 0.717) is 12.2 Å². The molecule has 0 saturated carbocycles. The second kappa shape index (κ2) is 7.03. The molecule has 0 heterocycles. The highest BCUT2D eigenvalue weighted by atomic mass is 16.5. The molecule has 0 spiro atoms. The van der Waals surface area contributed by atoms with Gasteiger partial charge < -0.3 is 9.47 Å². The van der Waals surface area contributed by atoms with Gasteiger partial charge in [-0.1, -0.05) is 7.43 Å². The van der Waals surface area contributed by atoms with Crippen LogP contribution in [0.15, 0.2) is 0 Å². The summed E-state index contributed by atoms with van der Waals surface area (Å²) in [5, 5.41) is 0. The molecule has 2 nitrogen and oxygen atoms in total. The van der Waals surface area contributed by atoms with Crippen LogP contribution in [-0.4, -0.2) is 26.4 Å². The van der Waals surface area contributed by atoms with E-state index in [1.165, 1.54) is 0 Å². The quantitative estimate of drug-likeness (QED) is 0.607. The minimum absolute atomic E-state index is 0. The van der Waals surface area contributed by atoms with Crippen LogP contribution in [-0.2, 0) is 9.47 Å². The van der Waals surface area contributed by atoms with Crippen molar-refractivity contribution < 1.29 is 9.47 Å². The van der Waals surface area contributed by atoms with Crippen LogP contribution in [0.2, 0.25) is 0 Å². The molecule has 64 valence electrons. The molecule has 0 bridgehead atoms. The topological polar surface area (TPSA) is 18.5 Å². The lowest BCUT2D eigenvalue weighted by molar-refractivity contribution is 0.0397. The van der Waals surface area contributed by atoms with Crippen LogP contribution < -0.4 is 0 Å². The largest absolute Gasteiger partial charge is 0.382 e. The van der Waals surface area contributed by atoms with E-state index in [9.17, 15) is 0 Å². The highest BCUT2D eigenvalue weighted by Crippen LogP contribution is 2.02. The predicted molar refractivity (Wildman–Crippen MR) is 44.3 cm³/mol. The predicted octanol–water partition coefficient (Wildman–Crippen LogP) is 2.08. The molecule has 0 saturated heterocycles. The zero-order valence-corrected chi connectivity index (χ0v) is 6.68. The molecule has 0 N–H and O–H groups in total. The normalized spacial score (nSPS) is 15.6. The molecule has 2 heteroatoms. The number of methoxy groups -OCH3 is 2. The Morgan fingerprint density at radius 1 is 1.00 bits per heavy atom. The fourth-order valence-electron chi connectivity index (χ4n) is 0.660. The van der Waals surface area contributed by atoms with Crippen LogP contribution in [0.1, 0.15) is 27.7 Å². The molecule has 0 aromatic rings. The molecule has 0 fully saturated rings. The van der Waals surface area contributed by atoms with E-state index in [-0.39, 0.29) is 7.43 Å². The summed E-state index contributed by atoms with van der Waals surface area (Å²) in [6, 6.07) is 0. The average molecular weight is 148 g/mol. The smallest absolute Gasteiger partial charge is 0.0567 e. The number of rotatable bonds is 4. The van der Waals surface area contributed by atoms with Crippen LogP contribution in [0.3, 0.4) is 0 Å². The van der Waals surface area contributed by atoms with Crippen molar-refractivity contribution >= 4 is 0 Å². The number of hydrogen-bond donors (Lipinski definition) is 0. The van der Waals surface area contributed by atoms with E-state index in [1.54, 1.807) is 14.2 Å². The number of ether oxygens (including phenoxy) is 2. The third-order valence-corrected chi connectivity index (χ3v) is 1.47. The second-order valence-corrected chi connectivity index (χ2v) is 2.33. The van der Waals surface area contributed by atoms with Crippen molar-refractivity contribution in [3.05, 3.63) is 0 Å². The highest BCUT2D eigenvalue weighted by Gasteiger charge is 2.04. The van der Waals surface area contributed by atoms with Crippen molar-refractivity contribution in [2.75, 3.05) is 14.2 Å². The van der Waals surface area contributed by atoms with E-state index in [0.717, 1.165) is 6.42 Å². The maximum Gasteiger partial charge on any atom is 0.0567 e. The summed E-state index contributed by atoms with van der Waals surface area (Å²) < 4.78 is 10.1. The van der Waals surface area contributed by atoms with Gasteiger partial charge in [0, 0.05) is 14.2 Å². The van der Waals surface area contributed by atoms with E-state index in [4.69, 9.17) is 9.47 Å². The lowest BCUT2D eigenvalue weighted by Gasteiger charge is -2.13. The second-order valence-electron chi connectivity index (χ2n) is 2.33. The molecule has 0 aliphatic heterocycles. The third kappa shape index (κ3) is 6.05. The Kier molecular flexibility index (Phi) is 8.85. The fourth-order valence-corrected chi connectivity index (χ4v) is 0.660. The van der Waals surface area contributed by atoms with Crippen molar-refractivity contribution in [3.63, 3.8) is 0 Å². The maximum absolute atomic E-state index is 5.04.